The molecule has 4 rings (SSSR count). The molecule has 0 aliphatic rings. The number of hydrogen-bond donors (Lipinski definition) is 1. The van der Waals surface area contributed by atoms with Gasteiger partial charge in [-0.1, -0.05) is 37.6 Å². The molecule has 0 aliphatic heterocycles. The molecular weight excluding hydrogens is 420 g/mol. The van der Waals surface area contributed by atoms with Crippen LogP contribution >= 0.6 is 11.6 Å². The highest BCUT2D eigenvalue weighted by Crippen LogP contribution is 2.26. The molecule has 2 aromatic heterocycles. The van der Waals surface area contributed by atoms with Gasteiger partial charge in [0.1, 0.15) is 5.82 Å². The van der Waals surface area contributed by atoms with Gasteiger partial charge in [0.05, 0.1) is 26.5 Å². The summed E-state index contributed by atoms with van der Waals surface area (Å²) in [5, 5.41) is 1.45. The molecule has 0 saturated carbocycles. The van der Waals surface area contributed by atoms with Gasteiger partial charge in [0, 0.05) is 24.7 Å². The summed E-state index contributed by atoms with van der Waals surface area (Å²) in [5.74, 6) is 0.482. The van der Waals surface area contributed by atoms with Crippen molar-refractivity contribution < 1.29 is 8.42 Å². The van der Waals surface area contributed by atoms with Crippen LogP contribution in [0.25, 0.3) is 33.0 Å². The quantitative estimate of drug-likeness (QED) is 0.463. The van der Waals surface area contributed by atoms with Gasteiger partial charge in [-0.2, -0.15) is 4.31 Å². The van der Waals surface area contributed by atoms with Crippen LogP contribution in [0.1, 0.15) is 25.2 Å². The van der Waals surface area contributed by atoms with E-state index in [-0.39, 0.29) is 4.90 Å². The van der Waals surface area contributed by atoms with Crippen molar-refractivity contribution in [1.29, 1.82) is 0 Å². The second-order valence-corrected chi connectivity index (χ2v) is 9.15. The maximum absolute atomic E-state index is 12.8. The second-order valence-electron chi connectivity index (χ2n) is 6.80. The topological polar surface area (TPSA) is 79.0 Å². The van der Waals surface area contributed by atoms with Crippen LogP contribution in [0, 0.1) is 0 Å². The van der Waals surface area contributed by atoms with Crippen molar-refractivity contribution in [2.24, 2.45) is 0 Å². The minimum absolute atomic E-state index is 0.232. The smallest absolute Gasteiger partial charge is 0.243 e. The molecule has 0 spiro atoms. The number of imidazole rings is 1. The first-order valence-electron chi connectivity index (χ1n) is 9.64. The van der Waals surface area contributed by atoms with Gasteiger partial charge in [-0.05, 0) is 48.0 Å². The fourth-order valence-corrected chi connectivity index (χ4v) is 5.07. The van der Waals surface area contributed by atoms with E-state index in [0.717, 1.165) is 16.5 Å². The zero-order valence-electron chi connectivity index (χ0n) is 16.6. The predicted octanol–water partition coefficient (Wildman–Crippen LogP) is 4.88. The summed E-state index contributed by atoms with van der Waals surface area (Å²) in [6, 6.07) is 14.6. The molecule has 154 valence electrons. The Morgan fingerprint density at radius 2 is 1.87 bits per heavy atom. The molecule has 0 bridgehead atoms. The molecule has 1 N–H and O–H groups in total. The van der Waals surface area contributed by atoms with Gasteiger partial charge in [0.25, 0.3) is 0 Å². The van der Waals surface area contributed by atoms with Crippen LogP contribution in [0.2, 0.25) is 0 Å². The fraction of sp³-hybridized carbons (Fsp3) is 0.182. The molecule has 8 heteroatoms. The van der Waals surface area contributed by atoms with E-state index in [1.807, 2.05) is 50.3 Å². The number of hydrogen-bond acceptors (Lipinski definition) is 4. The molecular formula is C22H21ClN4O2S. The molecule has 0 unspecified atom stereocenters. The first kappa shape index (κ1) is 20.5. The van der Waals surface area contributed by atoms with Crippen LogP contribution in [0.15, 0.2) is 59.6 Å². The van der Waals surface area contributed by atoms with Crippen LogP contribution in [0.5, 0.6) is 0 Å². The van der Waals surface area contributed by atoms with Crippen LogP contribution in [-0.2, 0) is 10.0 Å². The van der Waals surface area contributed by atoms with E-state index in [9.17, 15) is 8.42 Å². The summed E-state index contributed by atoms with van der Waals surface area (Å²) < 4.78 is 27.0. The van der Waals surface area contributed by atoms with Gasteiger partial charge in [-0.15, -0.1) is 0 Å². The Hall–Kier alpha value is -2.74. The van der Waals surface area contributed by atoms with Crippen molar-refractivity contribution in [2.45, 2.75) is 18.7 Å². The summed E-state index contributed by atoms with van der Waals surface area (Å²) in [4.78, 5) is 12.2. The number of nitrogens with zero attached hydrogens (tertiary/aromatic N) is 3. The molecule has 4 aromatic rings. The van der Waals surface area contributed by atoms with Gasteiger partial charge >= 0.3 is 0 Å². The van der Waals surface area contributed by atoms with Crippen LogP contribution in [0.4, 0.5) is 0 Å². The van der Waals surface area contributed by atoms with Gasteiger partial charge in [0.15, 0.2) is 0 Å². The Bertz CT molecular complexity index is 1360. The molecule has 0 amide bonds. The van der Waals surface area contributed by atoms with Crippen molar-refractivity contribution in [3.05, 3.63) is 66.1 Å². The number of pyridine rings is 1. The third-order valence-electron chi connectivity index (χ3n) is 4.94. The highest BCUT2D eigenvalue weighted by atomic mass is 35.5. The fourth-order valence-electron chi connectivity index (χ4n) is 3.37. The highest BCUT2D eigenvalue weighted by Gasteiger charge is 2.22. The normalized spacial score (nSPS) is 12.9. The number of H-pyrrole nitrogens is 1. The molecule has 0 radical (unpaired) electrons. The Morgan fingerprint density at radius 1 is 1.10 bits per heavy atom. The third kappa shape index (κ3) is 3.84. The molecule has 30 heavy (non-hydrogen) atoms. The minimum Gasteiger partial charge on any atom is -0.337 e. The number of halogens is 1. The average Bonchev–Trinajstić information content (AvgIpc) is 3.18. The maximum atomic E-state index is 12.8. The summed E-state index contributed by atoms with van der Waals surface area (Å²) in [6.07, 6.45) is 3.58. The second kappa shape index (κ2) is 8.18. The van der Waals surface area contributed by atoms with Gasteiger partial charge in [-0.3, -0.25) is 4.98 Å². The van der Waals surface area contributed by atoms with Crippen molar-refractivity contribution >= 4 is 54.7 Å². The zero-order valence-corrected chi connectivity index (χ0v) is 18.2. The number of aromatic nitrogens is 3. The first-order chi connectivity index (χ1) is 14.4. The summed E-state index contributed by atoms with van der Waals surface area (Å²) in [5.41, 5.74) is 3.10. The number of sulfonamides is 1. The lowest BCUT2D eigenvalue weighted by Crippen LogP contribution is -2.30. The Kier molecular flexibility index (Phi) is 5.60. The van der Waals surface area contributed by atoms with E-state index in [1.54, 1.807) is 24.4 Å². The largest absolute Gasteiger partial charge is 0.337 e. The van der Waals surface area contributed by atoms with Crippen molar-refractivity contribution in [3.63, 3.8) is 0 Å². The third-order valence-corrected chi connectivity index (χ3v) is 7.28. The molecule has 0 aliphatic carbocycles. The molecule has 6 nitrogen and oxygen atoms in total. The summed E-state index contributed by atoms with van der Waals surface area (Å²) in [6.45, 7) is 4.48. The van der Waals surface area contributed by atoms with Crippen molar-refractivity contribution in [1.82, 2.24) is 19.3 Å². The SMILES string of the molecule is CCN(CC)S(=O)(=O)c1ccc2nc(/C(Cl)=C/c3ccc4ncccc4c3)[nH]c2c1. The van der Waals surface area contributed by atoms with Crippen molar-refractivity contribution in [2.75, 3.05) is 13.1 Å². The standard InChI is InChI=1S/C22H21ClN4O2S/c1-3-27(4-2)30(28,29)17-8-10-20-21(14-17)26-22(25-20)18(23)13-15-7-9-19-16(12-15)6-5-11-24-19/h5-14H,3-4H2,1-2H3,(H,25,26)/b18-13-. The minimum atomic E-state index is -3.54. The molecule has 0 fully saturated rings. The lowest BCUT2D eigenvalue weighted by Gasteiger charge is -2.18. The molecule has 0 atom stereocenters. The maximum Gasteiger partial charge on any atom is 0.243 e. The molecule has 0 saturated heterocycles. The Morgan fingerprint density at radius 3 is 2.63 bits per heavy atom. The number of rotatable bonds is 6. The lowest BCUT2D eigenvalue weighted by atomic mass is 10.1. The average molecular weight is 441 g/mol. The van der Waals surface area contributed by atoms with Gasteiger partial charge in [-0.25, -0.2) is 13.4 Å². The lowest BCUT2D eigenvalue weighted by molar-refractivity contribution is 0.445. The monoisotopic (exact) mass is 440 g/mol. The number of aromatic amines is 1. The van der Waals surface area contributed by atoms with Crippen LogP contribution < -0.4 is 0 Å². The van der Waals surface area contributed by atoms with E-state index >= 15 is 0 Å². The van der Waals surface area contributed by atoms with Gasteiger partial charge in [0.2, 0.25) is 10.0 Å². The Balaban J connectivity index is 1.69. The summed E-state index contributed by atoms with van der Waals surface area (Å²) >= 11 is 6.51. The Labute approximate surface area is 180 Å². The van der Waals surface area contributed by atoms with Crippen molar-refractivity contribution in [3.8, 4) is 0 Å². The summed E-state index contributed by atoms with van der Waals surface area (Å²) in [7, 11) is -3.54. The highest BCUT2D eigenvalue weighted by molar-refractivity contribution is 7.89. The van der Waals surface area contributed by atoms with E-state index in [0.29, 0.717) is 35.0 Å². The van der Waals surface area contributed by atoms with Crippen LogP contribution in [-0.4, -0.2) is 40.8 Å². The predicted molar refractivity (Wildman–Crippen MR) is 122 cm³/mol. The number of fused-ring (bicyclic) bond motifs is 2. The van der Waals surface area contributed by atoms with E-state index in [2.05, 4.69) is 15.0 Å². The van der Waals surface area contributed by atoms with E-state index in [4.69, 9.17) is 11.6 Å². The number of benzene rings is 2. The van der Waals surface area contributed by atoms with Crippen LogP contribution in [0.3, 0.4) is 0 Å². The van der Waals surface area contributed by atoms with E-state index < -0.39 is 10.0 Å². The van der Waals surface area contributed by atoms with E-state index in [1.165, 1.54) is 4.31 Å². The van der Waals surface area contributed by atoms with Gasteiger partial charge < -0.3 is 4.98 Å². The molecule has 2 aromatic carbocycles. The number of nitrogens with one attached hydrogen (secondary N) is 1. The first-order valence-corrected chi connectivity index (χ1v) is 11.5. The molecule has 2 heterocycles. The zero-order chi connectivity index (χ0) is 21.3.